The number of guanidine groups is 1. The Bertz CT molecular complexity index is 840. The molecule has 1 aliphatic rings. The van der Waals surface area contributed by atoms with E-state index in [2.05, 4.69) is 20.3 Å². The van der Waals surface area contributed by atoms with Crippen LogP contribution in [-0.4, -0.2) is 60.0 Å². The monoisotopic (exact) mass is 530 g/mol. The van der Waals surface area contributed by atoms with Crippen LogP contribution in [-0.2, 0) is 19.9 Å². The van der Waals surface area contributed by atoms with E-state index in [0.29, 0.717) is 18.9 Å². The molecule has 0 aromatic heterocycles. The van der Waals surface area contributed by atoms with Gasteiger partial charge in [-0.05, 0) is 32.4 Å². The number of nitrogens with one attached hydrogen (secondary N) is 3. The highest BCUT2D eigenvalue weighted by Gasteiger charge is 2.28. The minimum absolute atomic E-state index is 0. The third-order valence-corrected chi connectivity index (χ3v) is 7.17. The van der Waals surface area contributed by atoms with E-state index in [1.165, 1.54) is 0 Å². The first-order chi connectivity index (χ1) is 12.2. The van der Waals surface area contributed by atoms with E-state index in [0.717, 1.165) is 5.56 Å². The van der Waals surface area contributed by atoms with Gasteiger partial charge in [0.1, 0.15) is 0 Å². The Morgan fingerprint density at radius 2 is 1.93 bits per heavy atom. The summed E-state index contributed by atoms with van der Waals surface area (Å²) in [6.45, 7) is 4.81. The van der Waals surface area contributed by atoms with Crippen molar-refractivity contribution in [1.29, 1.82) is 0 Å². The summed E-state index contributed by atoms with van der Waals surface area (Å²) in [4.78, 5) is 4.52. The second-order valence-electron chi connectivity index (χ2n) is 6.22. The summed E-state index contributed by atoms with van der Waals surface area (Å²) in [6.07, 6.45) is 0.548. The largest absolute Gasteiger partial charge is 0.357 e. The van der Waals surface area contributed by atoms with Crippen LogP contribution in [0.2, 0.25) is 0 Å². The zero-order valence-corrected chi connectivity index (χ0v) is 19.4. The molecule has 0 bridgehead atoms. The Morgan fingerprint density at radius 1 is 1.26 bits per heavy atom. The lowest BCUT2D eigenvalue weighted by molar-refractivity contribution is 0.581. The summed E-state index contributed by atoms with van der Waals surface area (Å²) < 4.78 is 50.0. The molecule has 1 aromatic carbocycles. The topological polar surface area (TPSA) is 117 Å². The molecule has 8 nitrogen and oxygen atoms in total. The Kier molecular flexibility index (Phi) is 9.45. The molecule has 0 spiro atoms. The summed E-state index contributed by atoms with van der Waals surface area (Å²) in [7, 11) is -6.54. The number of aryl methyl sites for hydroxylation is 1. The summed E-state index contributed by atoms with van der Waals surface area (Å²) in [6, 6.07) is 6.45. The highest BCUT2D eigenvalue weighted by atomic mass is 127. The van der Waals surface area contributed by atoms with Crippen molar-refractivity contribution in [3.05, 3.63) is 29.8 Å². The van der Waals surface area contributed by atoms with Crippen LogP contribution in [0.5, 0.6) is 0 Å². The number of halogens is 1. The lowest BCUT2D eigenvalue weighted by Crippen LogP contribution is -2.44. The maximum Gasteiger partial charge on any atom is 0.240 e. The lowest BCUT2D eigenvalue weighted by atomic mass is 10.2. The van der Waals surface area contributed by atoms with Crippen LogP contribution < -0.4 is 15.4 Å². The summed E-state index contributed by atoms with van der Waals surface area (Å²) in [5.41, 5.74) is 0.990. The van der Waals surface area contributed by atoms with E-state index < -0.39 is 19.9 Å². The second-order valence-corrected chi connectivity index (χ2v) is 10.2. The molecule has 0 amide bonds. The molecule has 0 radical (unpaired) electrons. The van der Waals surface area contributed by atoms with Gasteiger partial charge in [-0.25, -0.2) is 21.6 Å². The van der Waals surface area contributed by atoms with Crippen LogP contribution in [0.1, 0.15) is 18.9 Å². The van der Waals surface area contributed by atoms with Crippen LogP contribution in [0.25, 0.3) is 0 Å². The van der Waals surface area contributed by atoms with Crippen molar-refractivity contribution in [2.45, 2.75) is 31.2 Å². The molecule has 1 aromatic rings. The summed E-state index contributed by atoms with van der Waals surface area (Å²) in [5.74, 6) is 0.766. The van der Waals surface area contributed by atoms with Gasteiger partial charge in [0.05, 0.1) is 22.9 Å². The van der Waals surface area contributed by atoms with Gasteiger partial charge in [-0.2, -0.15) is 0 Å². The number of nitrogens with zero attached hydrogens (tertiary/aromatic N) is 1. The number of sulfone groups is 1. The van der Waals surface area contributed by atoms with Gasteiger partial charge >= 0.3 is 0 Å². The van der Waals surface area contributed by atoms with Gasteiger partial charge in [-0.1, -0.05) is 17.7 Å². The molecule has 1 fully saturated rings. The van der Waals surface area contributed by atoms with Crippen LogP contribution in [0, 0.1) is 6.92 Å². The normalized spacial score (nSPS) is 19.3. The highest BCUT2D eigenvalue weighted by Crippen LogP contribution is 2.11. The molecule has 27 heavy (non-hydrogen) atoms. The second kappa shape index (κ2) is 10.6. The predicted octanol–water partition coefficient (Wildman–Crippen LogP) is 0.634. The number of rotatable bonds is 7. The number of hydrogen-bond donors (Lipinski definition) is 3. The van der Waals surface area contributed by atoms with Crippen LogP contribution in [0.3, 0.4) is 0 Å². The Morgan fingerprint density at radius 3 is 2.48 bits per heavy atom. The zero-order valence-electron chi connectivity index (χ0n) is 15.4. The first-order valence-electron chi connectivity index (χ1n) is 8.53. The van der Waals surface area contributed by atoms with Gasteiger partial charge in [0.2, 0.25) is 10.0 Å². The van der Waals surface area contributed by atoms with Gasteiger partial charge in [-0.15, -0.1) is 24.0 Å². The molecule has 1 aliphatic heterocycles. The standard InChI is InChI=1S/C16H26N4O4S2.HI/c1-3-17-16(20-14-8-11-25(21,22)12-14)18-9-10-19-26(23,24)15-6-4-13(2)5-7-15;/h4-7,14,19H,3,8-12H2,1-2H3,(H2,17,18,20);1H. The molecule has 1 unspecified atom stereocenters. The molecule has 1 atom stereocenters. The number of hydrogen-bond acceptors (Lipinski definition) is 5. The van der Waals surface area contributed by atoms with Crippen molar-refractivity contribution in [3.63, 3.8) is 0 Å². The molecule has 1 heterocycles. The van der Waals surface area contributed by atoms with Crippen molar-refractivity contribution in [1.82, 2.24) is 15.4 Å². The Hall–Kier alpha value is -0.920. The maximum atomic E-state index is 12.2. The molecule has 2 rings (SSSR count). The van der Waals surface area contributed by atoms with Crippen molar-refractivity contribution in [2.75, 3.05) is 31.1 Å². The van der Waals surface area contributed by atoms with E-state index in [4.69, 9.17) is 0 Å². The van der Waals surface area contributed by atoms with Gasteiger partial charge in [0, 0.05) is 19.1 Å². The SMILES string of the molecule is CCNC(=NCCNS(=O)(=O)c1ccc(C)cc1)NC1CCS(=O)(=O)C1.I. The molecule has 0 saturated carbocycles. The fourth-order valence-corrected chi connectivity index (χ4v) is 5.27. The third kappa shape index (κ3) is 7.92. The molecular formula is C16H27IN4O4S2. The minimum Gasteiger partial charge on any atom is -0.357 e. The fraction of sp³-hybridized carbons (Fsp3) is 0.562. The van der Waals surface area contributed by atoms with Gasteiger partial charge in [-0.3, -0.25) is 4.99 Å². The average Bonchev–Trinajstić information content (AvgIpc) is 2.91. The third-order valence-electron chi connectivity index (χ3n) is 3.92. The van der Waals surface area contributed by atoms with Crippen molar-refractivity contribution < 1.29 is 16.8 Å². The van der Waals surface area contributed by atoms with Crippen LogP contribution in [0.15, 0.2) is 34.2 Å². The van der Waals surface area contributed by atoms with Gasteiger partial charge in [0.25, 0.3) is 0 Å². The molecule has 0 aliphatic carbocycles. The van der Waals surface area contributed by atoms with Crippen molar-refractivity contribution in [2.24, 2.45) is 4.99 Å². The van der Waals surface area contributed by atoms with E-state index in [9.17, 15) is 16.8 Å². The molecule has 11 heteroatoms. The lowest BCUT2D eigenvalue weighted by Gasteiger charge is -2.15. The van der Waals surface area contributed by atoms with Crippen molar-refractivity contribution >= 4 is 49.8 Å². The average molecular weight is 530 g/mol. The zero-order chi connectivity index (χ0) is 19.2. The van der Waals surface area contributed by atoms with E-state index in [1.807, 2.05) is 13.8 Å². The molecule has 154 valence electrons. The molecular weight excluding hydrogens is 503 g/mol. The molecule has 3 N–H and O–H groups in total. The Labute approximate surface area is 178 Å². The van der Waals surface area contributed by atoms with Crippen LogP contribution >= 0.6 is 24.0 Å². The highest BCUT2D eigenvalue weighted by molar-refractivity contribution is 14.0. The van der Waals surface area contributed by atoms with E-state index in [1.54, 1.807) is 24.3 Å². The Balaban J connectivity index is 0.00000364. The summed E-state index contributed by atoms with van der Waals surface area (Å²) in [5, 5.41) is 6.13. The first kappa shape index (κ1) is 24.1. The van der Waals surface area contributed by atoms with Gasteiger partial charge < -0.3 is 10.6 Å². The van der Waals surface area contributed by atoms with Crippen LogP contribution in [0.4, 0.5) is 0 Å². The number of sulfonamides is 1. The maximum absolute atomic E-state index is 12.2. The van der Waals surface area contributed by atoms with Gasteiger partial charge in [0.15, 0.2) is 15.8 Å². The van der Waals surface area contributed by atoms with E-state index in [-0.39, 0.29) is 59.5 Å². The number of aliphatic imine (C=N–C) groups is 1. The van der Waals surface area contributed by atoms with Crippen molar-refractivity contribution in [3.8, 4) is 0 Å². The minimum atomic E-state index is -3.56. The predicted molar refractivity (Wildman–Crippen MR) is 118 cm³/mol. The number of benzene rings is 1. The smallest absolute Gasteiger partial charge is 0.240 e. The quantitative estimate of drug-likeness (QED) is 0.206. The summed E-state index contributed by atoms with van der Waals surface area (Å²) >= 11 is 0. The van der Waals surface area contributed by atoms with E-state index >= 15 is 0 Å². The fourth-order valence-electron chi connectivity index (χ4n) is 2.57. The molecule has 1 saturated heterocycles. The first-order valence-corrected chi connectivity index (χ1v) is 11.8.